The van der Waals surface area contributed by atoms with Crippen LogP contribution in [-0.2, 0) is 4.74 Å². The quantitative estimate of drug-likeness (QED) is 0.676. The number of piperidine rings is 1. The van der Waals surface area contributed by atoms with Crippen LogP contribution < -0.4 is 0 Å². The highest BCUT2D eigenvalue weighted by Gasteiger charge is 2.30. The molecule has 0 bridgehead atoms. The largest absolute Gasteiger partial charge is 0.380 e. The molecule has 2 saturated heterocycles. The first-order chi connectivity index (χ1) is 11.0. The molecule has 23 heavy (non-hydrogen) atoms. The molecule has 2 atom stereocenters. The van der Waals surface area contributed by atoms with E-state index in [2.05, 4.69) is 57.9 Å². The maximum absolute atomic E-state index is 6.00. The first-order valence-electron chi connectivity index (χ1n) is 9.62. The minimum absolute atomic E-state index is 0.595. The SMILES string of the molecule is CC(C)/C=C\C1COCC(/C(=C/C(C)C)C2CCN(C)CC2)C1. The number of allylic oxidation sites excluding steroid dienone is 2. The van der Waals surface area contributed by atoms with Crippen LogP contribution in [0.3, 0.4) is 0 Å². The Morgan fingerprint density at radius 2 is 1.70 bits per heavy atom. The summed E-state index contributed by atoms with van der Waals surface area (Å²) in [4.78, 5) is 2.47. The van der Waals surface area contributed by atoms with Crippen molar-refractivity contribution in [2.45, 2.75) is 47.0 Å². The fraction of sp³-hybridized carbons (Fsp3) is 0.810. The van der Waals surface area contributed by atoms with Gasteiger partial charge in [-0.3, -0.25) is 0 Å². The van der Waals surface area contributed by atoms with E-state index in [9.17, 15) is 0 Å². The molecule has 0 aromatic carbocycles. The third-order valence-corrected chi connectivity index (χ3v) is 5.19. The van der Waals surface area contributed by atoms with Crippen LogP contribution in [0.2, 0.25) is 0 Å². The molecule has 0 N–H and O–H groups in total. The van der Waals surface area contributed by atoms with E-state index in [4.69, 9.17) is 4.74 Å². The van der Waals surface area contributed by atoms with Gasteiger partial charge in [-0.05, 0) is 57.2 Å². The second-order valence-corrected chi connectivity index (χ2v) is 8.35. The summed E-state index contributed by atoms with van der Waals surface area (Å²) in [5.41, 5.74) is 1.70. The molecule has 2 rings (SSSR count). The number of nitrogens with zero attached hydrogens (tertiary/aromatic N) is 1. The number of ether oxygens (including phenoxy) is 1. The summed E-state index contributed by atoms with van der Waals surface area (Å²) in [5, 5.41) is 0. The average molecular weight is 320 g/mol. The van der Waals surface area contributed by atoms with Gasteiger partial charge >= 0.3 is 0 Å². The van der Waals surface area contributed by atoms with Crippen LogP contribution in [-0.4, -0.2) is 38.3 Å². The van der Waals surface area contributed by atoms with Gasteiger partial charge in [0.25, 0.3) is 0 Å². The van der Waals surface area contributed by atoms with Gasteiger partial charge in [-0.1, -0.05) is 51.5 Å². The standard InChI is InChI=1S/C21H37NO/c1-16(2)6-7-18-13-20(15-23-14-18)21(12-17(3)4)19-8-10-22(5)11-9-19/h6-7,12,16-20H,8-11,13-15H2,1-5H3/b7-6-,21-12+. The normalized spacial score (nSPS) is 29.1. The van der Waals surface area contributed by atoms with Crippen molar-refractivity contribution in [3.8, 4) is 0 Å². The van der Waals surface area contributed by atoms with E-state index in [1.807, 2.05) is 0 Å². The third-order valence-electron chi connectivity index (χ3n) is 5.19. The fourth-order valence-electron chi connectivity index (χ4n) is 3.94. The molecule has 0 amide bonds. The predicted octanol–water partition coefficient (Wildman–Crippen LogP) is 4.78. The molecular weight excluding hydrogens is 282 g/mol. The maximum atomic E-state index is 6.00. The minimum atomic E-state index is 0.595. The Hall–Kier alpha value is -0.600. The summed E-state index contributed by atoms with van der Waals surface area (Å²) < 4.78 is 6.00. The highest BCUT2D eigenvalue weighted by Crippen LogP contribution is 2.36. The number of hydrogen-bond donors (Lipinski definition) is 0. The molecule has 0 saturated carbocycles. The van der Waals surface area contributed by atoms with Crippen LogP contribution in [0.25, 0.3) is 0 Å². The molecule has 0 aromatic heterocycles. The second-order valence-electron chi connectivity index (χ2n) is 8.35. The molecule has 0 radical (unpaired) electrons. The van der Waals surface area contributed by atoms with Gasteiger partial charge in [-0.2, -0.15) is 0 Å². The molecule has 0 aliphatic carbocycles. The zero-order chi connectivity index (χ0) is 16.8. The smallest absolute Gasteiger partial charge is 0.0532 e. The molecular formula is C21H37NO. The van der Waals surface area contributed by atoms with Gasteiger partial charge in [0, 0.05) is 11.8 Å². The van der Waals surface area contributed by atoms with Crippen LogP contribution in [0.1, 0.15) is 47.0 Å². The zero-order valence-electron chi connectivity index (χ0n) is 15.9. The molecule has 2 unspecified atom stereocenters. The molecule has 2 aliphatic heterocycles. The lowest BCUT2D eigenvalue weighted by molar-refractivity contribution is 0.0366. The van der Waals surface area contributed by atoms with E-state index < -0.39 is 0 Å². The minimum Gasteiger partial charge on any atom is -0.380 e. The van der Waals surface area contributed by atoms with Gasteiger partial charge < -0.3 is 9.64 Å². The molecule has 0 spiro atoms. The van der Waals surface area contributed by atoms with Crippen molar-refractivity contribution < 1.29 is 4.74 Å². The zero-order valence-corrected chi connectivity index (χ0v) is 15.9. The number of likely N-dealkylation sites (tertiary alicyclic amines) is 1. The highest BCUT2D eigenvalue weighted by atomic mass is 16.5. The van der Waals surface area contributed by atoms with Gasteiger partial charge in [-0.25, -0.2) is 0 Å². The number of rotatable bonds is 5. The summed E-state index contributed by atoms with van der Waals surface area (Å²) >= 11 is 0. The van der Waals surface area contributed by atoms with Crippen LogP contribution in [0.5, 0.6) is 0 Å². The van der Waals surface area contributed by atoms with Crippen molar-refractivity contribution in [3.63, 3.8) is 0 Å². The lowest BCUT2D eigenvalue weighted by Gasteiger charge is -2.37. The van der Waals surface area contributed by atoms with Crippen LogP contribution in [0.15, 0.2) is 23.8 Å². The highest BCUT2D eigenvalue weighted by molar-refractivity contribution is 5.15. The lowest BCUT2D eigenvalue weighted by atomic mass is 9.76. The van der Waals surface area contributed by atoms with Gasteiger partial charge in [0.1, 0.15) is 0 Å². The average Bonchev–Trinajstić information content (AvgIpc) is 2.52. The van der Waals surface area contributed by atoms with E-state index in [0.717, 1.165) is 19.1 Å². The van der Waals surface area contributed by atoms with Crippen molar-refractivity contribution in [3.05, 3.63) is 23.8 Å². The Morgan fingerprint density at radius 1 is 1.00 bits per heavy atom. The lowest BCUT2D eigenvalue weighted by Crippen LogP contribution is -2.35. The second kappa shape index (κ2) is 9.03. The third kappa shape index (κ3) is 6.08. The van der Waals surface area contributed by atoms with Crippen molar-refractivity contribution in [1.82, 2.24) is 4.90 Å². The molecule has 2 aliphatic rings. The molecule has 0 aromatic rings. The maximum Gasteiger partial charge on any atom is 0.0532 e. The van der Waals surface area contributed by atoms with Gasteiger partial charge in [0.05, 0.1) is 13.2 Å². The summed E-state index contributed by atoms with van der Waals surface area (Å²) in [6.07, 6.45) is 11.2. The molecule has 2 fully saturated rings. The van der Waals surface area contributed by atoms with Gasteiger partial charge in [0.2, 0.25) is 0 Å². The van der Waals surface area contributed by atoms with E-state index in [1.165, 1.54) is 32.4 Å². The van der Waals surface area contributed by atoms with Gasteiger partial charge in [-0.15, -0.1) is 0 Å². The van der Waals surface area contributed by atoms with Crippen molar-refractivity contribution >= 4 is 0 Å². The Kier molecular flexibility index (Phi) is 7.36. The summed E-state index contributed by atoms with van der Waals surface area (Å²) in [5.74, 6) is 3.26. The van der Waals surface area contributed by atoms with E-state index in [1.54, 1.807) is 5.57 Å². The van der Waals surface area contributed by atoms with Gasteiger partial charge in [0.15, 0.2) is 0 Å². The van der Waals surface area contributed by atoms with Crippen LogP contribution in [0, 0.1) is 29.6 Å². The Morgan fingerprint density at radius 3 is 2.30 bits per heavy atom. The van der Waals surface area contributed by atoms with Crippen LogP contribution in [0.4, 0.5) is 0 Å². The van der Waals surface area contributed by atoms with Crippen molar-refractivity contribution in [2.24, 2.45) is 29.6 Å². The monoisotopic (exact) mass is 319 g/mol. The Labute approximate surface area is 144 Å². The van der Waals surface area contributed by atoms with E-state index in [-0.39, 0.29) is 0 Å². The Bertz CT molecular complexity index is 402. The topological polar surface area (TPSA) is 12.5 Å². The molecule has 132 valence electrons. The molecule has 2 nitrogen and oxygen atoms in total. The molecule has 2 heteroatoms. The van der Waals surface area contributed by atoms with Crippen molar-refractivity contribution in [2.75, 3.05) is 33.4 Å². The number of hydrogen-bond acceptors (Lipinski definition) is 2. The summed E-state index contributed by atoms with van der Waals surface area (Å²) in [7, 11) is 2.25. The Balaban J connectivity index is 2.06. The van der Waals surface area contributed by atoms with Crippen molar-refractivity contribution in [1.29, 1.82) is 0 Å². The van der Waals surface area contributed by atoms with E-state index in [0.29, 0.717) is 23.7 Å². The van der Waals surface area contributed by atoms with E-state index >= 15 is 0 Å². The predicted molar refractivity (Wildman–Crippen MR) is 99.5 cm³/mol. The van der Waals surface area contributed by atoms with Crippen LogP contribution >= 0.6 is 0 Å². The first kappa shape index (κ1) is 18.7. The molecule has 2 heterocycles. The summed E-state index contributed by atoms with van der Waals surface area (Å²) in [6.45, 7) is 13.4. The summed E-state index contributed by atoms with van der Waals surface area (Å²) in [6, 6.07) is 0. The fourth-order valence-corrected chi connectivity index (χ4v) is 3.94. The first-order valence-corrected chi connectivity index (χ1v) is 9.62.